The topological polar surface area (TPSA) is 76.2 Å². The molecule has 0 bridgehead atoms. The Hall–Kier alpha value is -1.48. The van der Waals surface area contributed by atoms with E-state index in [0.717, 1.165) is 5.56 Å². The zero-order valence-corrected chi connectivity index (χ0v) is 15.9. The number of morpholine rings is 1. The van der Waals surface area contributed by atoms with Gasteiger partial charge in [0.25, 0.3) is 5.91 Å². The van der Waals surface area contributed by atoms with E-state index >= 15 is 0 Å². The third kappa shape index (κ3) is 4.09. The molecule has 1 amide bonds. The van der Waals surface area contributed by atoms with Gasteiger partial charge in [-0.05, 0) is 24.5 Å². The summed E-state index contributed by atoms with van der Waals surface area (Å²) in [7, 11) is -1.83. The molecule has 0 N–H and O–H groups in total. The summed E-state index contributed by atoms with van der Waals surface area (Å²) in [5, 5.41) is -0.548. The molecule has 7 nitrogen and oxygen atoms in total. The predicted octanol–water partition coefficient (Wildman–Crippen LogP) is 1.10. The largest absolute Gasteiger partial charge is 0.380 e. The molecule has 1 aromatic carbocycles. The number of rotatable bonds is 5. The van der Waals surface area contributed by atoms with E-state index in [1.165, 1.54) is 4.31 Å². The number of sulfonamides is 1. The van der Waals surface area contributed by atoms with Gasteiger partial charge < -0.3 is 14.4 Å². The lowest BCUT2D eigenvalue weighted by atomic mass is 10.0. The van der Waals surface area contributed by atoms with Crippen LogP contribution in [0.3, 0.4) is 0 Å². The summed E-state index contributed by atoms with van der Waals surface area (Å²) >= 11 is 0. The van der Waals surface area contributed by atoms with Crippen molar-refractivity contribution >= 4 is 15.9 Å². The molecule has 0 unspecified atom stereocenters. The molecule has 144 valence electrons. The number of carbonyl (C=O) groups is 1. The predicted molar refractivity (Wildman–Crippen MR) is 97.4 cm³/mol. The maximum atomic E-state index is 13.0. The first-order valence-corrected chi connectivity index (χ1v) is 10.5. The van der Waals surface area contributed by atoms with E-state index in [1.807, 2.05) is 18.2 Å². The van der Waals surface area contributed by atoms with E-state index in [0.29, 0.717) is 57.9 Å². The van der Waals surface area contributed by atoms with Gasteiger partial charge in [0.2, 0.25) is 10.0 Å². The average molecular weight is 382 g/mol. The van der Waals surface area contributed by atoms with Gasteiger partial charge in [-0.3, -0.25) is 4.79 Å². The first kappa shape index (κ1) is 19.3. The zero-order valence-electron chi connectivity index (χ0n) is 15.1. The lowest BCUT2D eigenvalue weighted by Gasteiger charge is -2.36. The zero-order chi connectivity index (χ0) is 18.6. The van der Waals surface area contributed by atoms with Crippen molar-refractivity contribution in [3.8, 4) is 0 Å². The van der Waals surface area contributed by atoms with E-state index in [4.69, 9.17) is 9.47 Å². The summed E-state index contributed by atoms with van der Waals surface area (Å²) in [6, 6.07) is 7.32. The fourth-order valence-corrected chi connectivity index (χ4v) is 5.47. The van der Waals surface area contributed by atoms with Crippen molar-refractivity contribution in [2.24, 2.45) is 0 Å². The second-order valence-corrected chi connectivity index (χ2v) is 8.87. The smallest absolute Gasteiger partial charge is 0.254 e. The molecule has 1 aromatic rings. The first-order valence-electron chi connectivity index (χ1n) is 8.97. The Labute approximate surface area is 154 Å². The van der Waals surface area contributed by atoms with Crippen LogP contribution < -0.4 is 0 Å². The van der Waals surface area contributed by atoms with Crippen LogP contribution in [0.2, 0.25) is 0 Å². The van der Waals surface area contributed by atoms with E-state index < -0.39 is 15.3 Å². The summed E-state index contributed by atoms with van der Waals surface area (Å²) in [5.74, 6) is -0.125. The fourth-order valence-electron chi connectivity index (χ4n) is 3.56. The number of likely N-dealkylation sites (tertiary alicyclic amines) is 1. The minimum absolute atomic E-state index is 0.125. The van der Waals surface area contributed by atoms with Gasteiger partial charge in [0, 0.05) is 38.9 Å². The number of benzene rings is 1. The summed E-state index contributed by atoms with van der Waals surface area (Å²) in [6.07, 6.45) is 1.27. The molecule has 2 aliphatic rings. The molecule has 0 radical (unpaired) electrons. The highest BCUT2D eigenvalue weighted by molar-refractivity contribution is 7.89. The highest BCUT2D eigenvalue weighted by Crippen LogP contribution is 2.23. The van der Waals surface area contributed by atoms with Gasteiger partial charge in [0.1, 0.15) is 0 Å². The minimum atomic E-state index is -3.42. The quantitative estimate of drug-likeness (QED) is 0.762. The summed E-state index contributed by atoms with van der Waals surface area (Å²) < 4.78 is 37.8. The van der Waals surface area contributed by atoms with E-state index in [1.54, 1.807) is 18.1 Å². The lowest BCUT2D eigenvalue weighted by Crippen LogP contribution is -2.51. The van der Waals surface area contributed by atoms with Crippen LogP contribution in [0.4, 0.5) is 0 Å². The number of hydrogen-bond donors (Lipinski definition) is 0. The fraction of sp³-hybridized carbons (Fsp3) is 0.611. The van der Waals surface area contributed by atoms with Crippen molar-refractivity contribution in [2.45, 2.75) is 24.7 Å². The molecule has 2 saturated heterocycles. The van der Waals surface area contributed by atoms with Gasteiger partial charge in [-0.2, -0.15) is 4.31 Å². The number of piperidine rings is 1. The van der Waals surface area contributed by atoms with Crippen LogP contribution in [-0.4, -0.2) is 75.3 Å². The summed E-state index contributed by atoms with van der Waals surface area (Å²) in [6.45, 7) is 2.81. The van der Waals surface area contributed by atoms with Crippen molar-refractivity contribution in [1.82, 2.24) is 9.21 Å². The molecular weight excluding hydrogens is 356 g/mol. The third-order valence-corrected chi connectivity index (χ3v) is 7.28. The summed E-state index contributed by atoms with van der Waals surface area (Å²) in [5.41, 5.74) is 1.40. The Kier molecular flexibility index (Phi) is 6.29. The van der Waals surface area contributed by atoms with Gasteiger partial charge in [0.05, 0.1) is 25.1 Å². The minimum Gasteiger partial charge on any atom is -0.380 e. The number of methoxy groups -OCH3 is 1. The molecule has 1 atom stereocenters. The van der Waals surface area contributed by atoms with E-state index in [9.17, 15) is 13.2 Å². The van der Waals surface area contributed by atoms with Crippen molar-refractivity contribution < 1.29 is 22.7 Å². The average Bonchev–Trinajstić information content (AvgIpc) is 2.69. The number of ether oxygens (including phenoxy) is 2. The molecule has 0 aromatic heterocycles. The van der Waals surface area contributed by atoms with Crippen molar-refractivity contribution in [1.29, 1.82) is 0 Å². The molecule has 0 spiro atoms. The third-order valence-electron chi connectivity index (χ3n) is 4.96. The van der Waals surface area contributed by atoms with Crippen LogP contribution in [0.25, 0.3) is 0 Å². The van der Waals surface area contributed by atoms with Gasteiger partial charge in [-0.25, -0.2) is 8.42 Å². The van der Waals surface area contributed by atoms with Crippen LogP contribution in [0.5, 0.6) is 0 Å². The number of carbonyl (C=O) groups excluding carboxylic acids is 1. The summed E-state index contributed by atoms with van der Waals surface area (Å²) in [4.78, 5) is 14.7. The van der Waals surface area contributed by atoms with Crippen molar-refractivity contribution in [2.75, 3.05) is 46.5 Å². The maximum absolute atomic E-state index is 13.0. The van der Waals surface area contributed by atoms with E-state index in [2.05, 4.69) is 0 Å². The van der Waals surface area contributed by atoms with Crippen LogP contribution in [0.1, 0.15) is 28.8 Å². The van der Waals surface area contributed by atoms with Gasteiger partial charge in [0.15, 0.2) is 0 Å². The second kappa shape index (κ2) is 8.47. The van der Waals surface area contributed by atoms with Crippen LogP contribution in [0.15, 0.2) is 24.3 Å². The molecule has 3 rings (SSSR count). The molecule has 8 heteroatoms. The Morgan fingerprint density at radius 2 is 1.96 bits per heavy atom. The van der Waals surface area contributed by atoms with E-state index in [-0.39, 0.29) is 12.5 Å². The van der Waals surface area contributed by atoms with Gasteiger partial charge in [-0.15, -0.1) is 0 Å². The van der Waals surface area contributed by atoms with Gasteiger partial charge >= 0.3 is 0 Å². The second-order valence-electron chi connectivity index (χ2n) is 6.66. The Balaban J connectivity index is 1.75. The van der Waals surface area contributed by atoms with Crippen LogP contribution in [-0.2, 0) is 26.1 Å². The molecule has 26 heavy (non-hydrogen) atoms. The lowest BCUT2D eigenvalue weighted by molar-refractivity contribution is 0.0683. The molecular formula is C18H26N2O5S. The molecule has 0 aliphatic carbocycles. The number of nitrogens with zero attached hydrogens (tertiary/aromatic N) is 2. The highest BCUT2D eigenvalue weighted by Gasteiger charge is 2.37. The van der Waals surface area contributed by atoms with Crippen LogP contribution >= 0.6 is 0 Å². The Morgan fingerprint density at radius 3 is 2.69 bits per heavy atom. The van der Waals surface area contributed by atoms with Crippen LogP contribution in [0, 0.1) is 0 Å². The molecule has 2 fully saturated rings. The van der Waals surface area contributed by atoms with Gasteiger partial charge in [-0.1, -0.05) is 18.2 Å². The SMILES string of the molecule is COCc1ccccc1C(=O)N1CCC[C@H](S(=O)(=O)N2CCOCC2)C1. The van der Waals surface area contributed by atoms with Crippen molar-refractivity contribution in [3.63, 3.8) is 0 Å². The standard InChI is InChI=1S/C18H26N2O5S/c1-24-14-15-5-2-3-7-17(15)18(21)19-8-4-6-16(13-19)26(22,23)20-9-11-25-12-10-20/h2-3,5,7,16H,4,6,8-14H2,1H3/t16-/m0/s1. The number of amides is 1. The highest BCUT2D eigenvalue weighted by atomic mass is 32.2. The Morgan fingerprint density at radius 1 is 1.23 bits per heavy atom. The number of hydrogen-bond acceptors (Lipinski definition) is 5. The first-order chi connectivity index (χ1) is 12.5. The Bertz CT molecular complexity index is 731. The molecule has 2 aliphatic heterocycles. The monoisotopic (exact) mass is 382 g/mol. The molecule has 0 saturated carbocycles. The molecule has 2 heterocycles. The maximum Gasteiger partial charge on any atom is 0.254 e. The van der Waals surface area contributed by atoms with Crippen molar-refractivity contribution in [3.05, 3.63) is 35.4 Å². The normalized spacial score (nSPS) is 22.3.